The first kappa shape index (κ1) is 28.3. The Bertz CT molecular complexity index is 378. The fourth-order valence-electron chi connectivity index (χ4n) is 3.56. The molecule has 0 saturated carbocycles. The number of aliphatic hydroxyl groups excluding tert-OH is 2. The molecule has 6 heteroatoms. The van der Waals surface area contributed by atoms with Crippen LogP contribution in [0.15, 0.2) is 0 Å². The summed E-state index contributed by atoms with van der Waals surface area (Å²) in [6.45, 7) is 6.51. The third-order valence-corrected chi connectivity index (χ3v) is 5.58. The fourth-order valence-corrected chi connectivity index (χ4v) is 3.56. The highest BCUT2D eigenvalue weighted by molar-refractivity contribution is 5.74. The lowest BCUT2D eigenvalue weighted by atomic mass is 10.0. The number of aliphatic carboxylic acids is 1. The molecule has 0 radical (unpaired) electrons. The monoisotopic (exact) mass is 416 g/mol. The molecule has 4 unspecified atom stereocenters. The van der Waals surface area contributed by atoms with Crippen molar-refractivity contribution in [3.63, 3.8) is 0 Å². The average Bonchev–Trinajstić information content (AvgIpc) is 2.66. The predicted molar refractivity (Wildman–Crippen MR) is 120 cm³/mol. The van der Waals surface area contributed by atoms with Gasteiger partial charge in [-0.3, -0.25) is 4.79 Å². The second-order valence-corrected chi connectivity index (χ2v) is 8.51. The zero-order valence-corrected chi connectivity index (χ0v) is 19.2. The van der Waals surface area contributed by atoms with Crippen molar-refractivity contribution >= 4 is 5.97 Å². The third kappa shape index (κ3) is 16.8. The van der Waals surface area contributed by atoms with Gasteiger partial charge in [0.25, 0.3) is 0 Å². The molecule has 0 aliphatic rings. The van der Waals surface area contributed by atoms with Gasteiger partial charge in [0.1, 0.15) is 6.04 Å². The van der Waals surface area contributed by atoms with Gasteiger partial charge >= 0.3 is 5.97 Å². The van der Waals surface area contributed by atoms with Crippen molar-refractivity contribution in [2.45, 2.75) is 129 Å². The lowest BCUT2D eigenvalue weighted by Crippen LogP contribution is -2.53. The van der Waals surface area contributed by atoms with E-state index in [2.05, 4.69) is 17.6 Å². The van der Waals surface area contributed by atoms with Crippen LogP contribution in [0, 0.1) is 0 Å². The smallest absolute Gasteiger partial charge is 0.323 e. The van der Waals surface area contributed by atoms with Crippen LogP contribution in [0.2, 0.25) is 0 Å². The van der Waals surface area contributed by atoms with Gasteiger partial charge in [-0.2, -0.15) is 0 Å². The Labute approximate surface area is 178 Å². The Hall–Kier alpha value is -0.690. The number of rotatable bonds is 21. The molecule has 0 aliphatic carbocycles. The van der Waals surface area contributed by atoms with E-state index in [0.717, 1.165) is 13.0 Å². The molecule has 4 atom stereocenters. The average molecular weight is 417 g/mol. The maximum atomic E-state index is 11.1. The van der Waals surface area contributed by atoms with Crippen LogP contribution in [0.5, 0.6) is 0 Å². The Morgan fingerprint density at radius 2 is 1.17 bits per heavy atom. The summed E-state index contributed by atoms with van der Waals surface area (Å²) in [5.74, 6) is -1.08. The van der Waals surface area contributed by atoms with Crippen LogP contribution in [-0.4, -0.2) is 58.7 Å². The Balaban J connectivity index is 3.64. The van der Waals surface area contributed by atoms with Gasteiger partial charge in [0.2, 0.25) is 0 Å². The summed E-state index contributed by atoms with van der Waals surface area (Å²) >= 11 is 0. The zero-order chi connectivity index (χ0) is 21.9. The van der Waals surface area contributed by atoms with Crippen molar-refractivity contribution in [1.29, 1.82) is 0 Å². The molecule has 0 fully saturated rings. The lowest BCUT2D eigenvalue weighted by Gasteiger charge is -2.25. The molecule has 0 spiro atoms. The van der Waals surface area contributed by atoms with Crippen molar-refractivity contribution in [3.8, 4) is 0 Å². The second kappa shape index (κ2) is 19.3. The van der Waals surface area contributed by atoms with Crippen molar-refractivity contribution in [3.05, 3.63) is 0 Å². The van der Waals surface area contributed by atoms with Gasteiger partial charge in [-0.15, -0.1) is 0 Å². The lowest BCUT2D eigenvalue weighted by molar-refractivity contribution is -0.142. The molecule has 0 aromatic heterocycles. The minimum atomic E-state index is -1.08. The van der Waals surface area contributed by atoms with E-state index in [1.807, 2.05) is 0 Å². The van der Waals surface area contributed by atoms with E-state index >= 15 is 0 Å². The molecule has 174 valence electrons. The summed E-state index contributed by atoms with van der Waals surface area (Å²) in [5.41, 5.74) is 0. The van der Waals surface area contributed by atoms with E-state index in [1.54, 1.807) is 6.92 Å². The number of hydrogen-bond acceptors (Lipinski definition) is 5. The highest BCUT2D eigenvalue weighted by atomic mass is 16.4. The molecule has 0 aromatic carbocycles. The number of unbranched alkanes of at least 4 members (excludes halogenated alkanes) is 12. The van der Waals surface area contributed by atoms with Gasteiger partial charge in [-0.05, 0) is 26.8 Å². The summed E-state index contributed by atoms with van der Waals surface area (Å²) in [4.78, 5) is 11.1. The summed E-state index contributed by atoms with van der Waals surface area (Å²) in [7, 11) is 0. The molecule has 0 amide bonds. The molecule has 0 heterocycles. The van der Waals surface area contributed by atoms with Crippen LogP contribution in [0.3, 0.4) is 0 Å². The maximum Gasteiger partial charge on any atom is 0.323 e. The van der Waals surface area contributed by atoms with E-state index in [9.17, 15) is 15.0 Å². The van der Waals surface area contributed by atoms with Crippen LogP contribution in [-0.2, 0) is 4.79 Å². The standard InChI is InChI=1S/C23H48N2O4/c1-4-5-6-7-8-9-10-11-12-13-14-15-16-17-24-21(19(2)26)18-25-22(20(3)27)23(28)29/h19-22,24-27H,4-18H2,1-3H3,(H,28,29). The summed E-state index contributed by atoms with van der Waals surface area (Å²) in [6, 6.07) is -1.25. The van der Waals surface area contributed by atoms with Crippen LogP contribution in [0.4, 0.5) is 0 Å². The van der Waals surface area contributed by atoms with Crippen molar-refractivity contribution in [1.82, 2.24) is 10.6 Å². The topological polar surface area (TPSA) is 102 Å². The summed E-state index contributed by atoms with van der Waals surface area (Å²) in [6.07, 6.45) is 15.6. The van der Waals surface area contributed by atoms with E-state index in [1.165, 1.54) is 84.0 Å². The Morgan fingerprint density at radius 1 is 0.724 bits per heavy atom. The quantitative estimate of drug-likeness (QED) is 0.182. The first-order chi connectivity index (χ1) is 13.9. The SMILES string of the molecule is CCCCCCCCCCCCCCCNC(CNC(C(=O)O)C(C)O)C(C)O. The van der Waals surface area contributed by atoms with Gasteiger partial charge in [-0.25, -0.2) is 0 Å². The normalized spacial score (nSPS) is 15.8. The number of carbonyl (C=O) groups is 1. The number of carboxylic acid groups (broad SMARTS) is 1. The minimum absolute atomic E-state index is 0.229. The number of hydrogen-bond donors (Lipinski definition) is 5. The highest BCUT2D eigenvalue weighted by Crippen LogP contribution is 2.12. The Morgan fingerprint density at radius 3 is 1.55 bits per heavy atom. The molecule has 0 aliphatic heterocycles. The number of nitrogens with one attached hydrogen (secondary N) is 2. The molecular weight excluding hydrogens is 368 g/mol. The van der Waals surface area contributed by atoms with Crippen LogP contribution < -0.4 is 10.6 Å². The Kier molecular flexibility index (Phi) is 18.8. The van der Waals surface area contributed by atoms with E-state index in [-0.39, 0.29) is 6.04 Å². The van der Waals surface area contributed by atoms with Gasteiger partial charge in [0, 0.05) is 12.6 Å². The molecule has 0 rings (SSSR count). The highest BCUT2D eigenvalue weighted by Gasteiger charge is 2.24. The van der Waals surface area contributed by atoms with Crippen LogP contribution in [0.1, 0.15) is 104 Å². The van der Waals surface area contributed by atoms with Crippen LogP contribution >= 0.6 is 0 Å². The molecular formula is C23H48N2O4. The van der Waals surface area contributed by atoms with E-state index in [4.69, 9.17) is 5.11 Å². The number of carboxylic acids is 1. The largest absolute Gasteiger partial charge is 0.480 e. The van der Waals surface area contributed by atoms with E-state index < -0.39 is 24.2 Å². The van der Waals surface area contributed by atoms with Gasteiger partial charge < -0.3 is 26.0 Å². The minimum Gasteiger partial charge on any atom is -0.480 e. The van der Waals surface area contributed by atoms with Gasteiger partial charge in [-0.1, -0.05) is 84.0 Å². The maximum absolute atomic E-state index is 11.1. The van der Waals surface area contributed by atoms with Gasteiger partial charge in [0.05, 0.1) is 12.2 Å². The molecule has 0 aromatic rings. The fraction of sp³-hybridized carbons (Fsp3) is 0.957. The molecule has 29 heavy (non-hydrogen) atoms. The van der Waals surface area contributed by atoms with Gasteiger partial charge in [0.15, 0.2) is 0 Å². The first-order valence-electron chi connectivity index (χ1n) is 12.0. The summed E-state index contributed by atoms with van der Waals surface area (Å²) < 4.78 is 0. The second-order valence-electron chi connectivity index (χ2n) is 8.51. The van der Waals surface area contributed by atoms with Crippen molar-refractivity contribution in [2.24, 2.45) is 0 Å². The summed E-state index contributed by atoms with van der Waals surface area (Å²) in [5, 5.41) is 34.6. The number of aliphatic hydroxyl groups is 2. The molecule has 6 nitrogen and oxygen atoms in total. The molecule has 0 bridgehead atoms. The van der Waals surface area contributed by atoms with Crippen molar-refractivity contribution in [2.75, 3.05) is 13.1 Å². The van der Waals surface area contributed by atoms with E-state index in [0.29, 0.717) is 6.54 Å². The predicted octanol–water partition coefficient (Wildman–Crippen LogP) is 3.84. The molecule has 5 N–H and O–H groups in total. The zero-order valence-electron chi connectivity index (χ0n) is 19.2. The first-order valence-corrected chi connectivity index (χ1v) is 12.0. The molecule has 0 saturated heterocycles. The van der Waals surface area contributed by atoms with Crippen LogP contribution in [0.25, 0.3) is 0 Å². The van der Waals surface area contributed by atoms with Crippen molar-refractivity contribution < 1.29 is 20.1 Å². The third-order valence-electron chi connectivity index (χ3n) is 5.58.